The summed E-state index contributed by atoms with van der Waals surface area (Å²) in [5.74, 6) is 0.535. The Kier molecular flexibility index (Phi) is 2.27. The summed E-state index contributed by atoms with van der Waals surface area (Å²) in [5, 5.41) is 4.32. The van der Waals surface area contributed by atoms with Gasteiger partial charge in [-0.1, -0.05) is 12.2 Å². The van der Waals surface area contributed by atoms with Crippen molar-refractivity contribution >= 4 is 7.85 Å². The van der Waals surface area contributed by atoms with Crippen LogP contribution in [-0.4, -0.2) is 34.2 Å². The molecular weight excluding hydrogens is 127 g/mol. The van der Waals surface area contributed by atoms with E-state index in [0.717, 1.165) is 12.8 Å². The second-order valence-electron chi connectivity index (χ2n) is 2.93. The Hall–Kier alpha value is -0.0151. The standard InChI is InChI=1S/C7H13BO2/c1-10-7-3-6(8)2-5(7)4-9/h5-7,9H,2-4H2,1H3/t5-,6-,7?/m1/s1/i9D. The van der Waals surface area contributed by atoms with Gasteiger partial charge >= 0.3 is 0 Å². The molecule has 0 aliphatic heterocycles. The van der Waals surface area contributed by atoms with Gasteiger partial charge < -0.3 is 9.85 Å². The molecule has 0 bridgehead atoms. The summed E-state index contributed by atoms with van der Waals surface area (Å²) in [7, 11) is 7.40. The zero-order valence-electron chi connectivity index (χ0n) is 7.25. The summed E-state index contributed by atoms with van der Waals surface area (Å²) >= 11 is 0. The summed E-state index contributed by atoms with van der Waals surface area (Å²) in [6.07, 6.45) is 2.00. The van der Waals surface area contributed by atoms with Crippen LogP contribution in [0, 0.1) is 5.92 Å². The molecule has 2 nitrogen and oxygen atoms in total. The molecule has 0 amide bonds. The maximum Gasteiger partial charge on any atom is 0.210 e. The van der Waals surface area contributed by atoms with Crippen LogP contribution in [0.1, 0.15) is 12.8 Å². The predicted octanol–water partition coefficient (Wildman–Crippen LogP) is 0.361. The van der Waals surface area contributed by atoms with Crippen molar-refractivity contribution < 1.29 is 9.85 Å². The van der Waals surface area contributed by atoms with Gasteiger partial charge in [-0.05, 0) is 6.42 Å². The molecule has 3 heteroatoms. The Bertz CT molecular complexity index is 123. The Morgan fingerprint density at radius 2 is 2.60 bits per heavy atom. The number of ether oxygens (including phenoxy) is 1. The maximum atomic E-state index is 6.60. The van der Waals surface area contributed by atoms with Crippen molar-refractivity contribution in [2.45, 2.75) is 24.8 Å². The molecule has 1 saturated carbocycles. The van der Waals surface area contributed by atoms with Gasteiger partial charge in [-0.2, -0.15) is 0 Å². The fraction of sp³-hybridized carbons (Fsp3) is 1.00. The third kappa shape index (κ3) is 1.52. The first-order valence-corrected chi connectivity index (χ1v) is 3.64. The molecular formula is C7H13BO2. The quantitative estimate of drug-likeness (QED) is 0.575. The molecule has 56 valence electrons. The molecule has 10 heavy (non-hydrogen) atoms. The van der Waals surface area contributed by atoms with E-state index in [1.165, 1.54) is 0 Å². The Balaban J connectivity index is 2.37. The molecule has 3 atom stereocenters. The Morgan fingerprint density at radius 1 is 1.80 bits per heavy atom. The van der Waals surface area contributed by atoms with E-state index in [4.69, 9.17) is 14.0 Å². The van der Waals surface area contributed by atoms with E-state index in [0.29, 0.717) is 12.5 Å². The lowest BCUT2D eigenvalue weighted by Crippen LogP contribution is -2.19. The molecule has 0 heterocycles. The van der Waals surface area contributed by atoms with E-state index < -0.39 is 0 Å². The van der Waals surface area contributed by atoms with Crippen LogP contribution in [0.15, 0.2) is 0 Å². The summed E-state index contributed by atoms with van der Waals surface area (Å²) < 4.78 is 11.8. The lowest BCUT2D eigenvalue weighted by atomic mass is 9.85. The minimum Gasteiger partial charge on any atom is -0.396 e. The van der Waals surface area contributed by atoms with Crippen molar-refractivity contribution in [3.8, 4) is 0 Å². The van der Waals surface area contributed by atoms with Crippen LogP contribution in [0.3, 0.4) is 0 Å². The maximum absolute atomic E-state index is 6.60. The number of methoxy groups -OCH3 is 1. The number of aliphatic hydroxyl groups excluding tert-OH is 1. The van der Waals surface area contributed by atoms with Gasteiger partial charge in [0.2, 0.25) is 1.43 Å². The van der Waals surface area contributed by atoms with Crippen LogP contribution in [-0.2, 0) is 4.74 Å². The van der Waals surface area contributed by atoms with Crippen LogP contribution in [0.25, 0.3) is 0 Å². The average Bonchev–Trinajstić information content (AvgIpc) is 2.32. The first-order valence-electron chi connectivity index (χ1n) is 4.05. The summed E-state index contributed by atoms with van der Waals surface area (Å²) in [6.45, 7) is 0.437. The van der Waals surface area contributed by atoms with Gasteiger partial charge in [0.05, 0.1) is 14.0 Å². The first-order chi connectivity index (χ1) is 5.27. The molecule has 1 aliphatic rings. The second-order valence-corrected chi connectivity index (χ2v) is 2.93. The third-order valence-electron chi connectivity index (χ3n) is 2.18. The van der Waals surface area contributed by atoms with Crippen molar-refractivity contribution in [3.63, 3.8) is 0 Å². The van der Waals surface area contributed by atoms with Crippen molar-refractivity contribution in [3.05, 3.63) is 0 Å². The zero-order valence-corrected chi connectivity index (χ0v) is 6.25. The van der Waals surface area contributed by atoms with Gasteiger partial charge in [0.1, 0.15) is 0 Å². The van der Waals surface area contributed by atoms with E-state index >= 15 is 0 Å². The topological polar surface area (TPSA) is 29.5 Å². The van der Waals surface area contributed by atoms with E-state index in [-0.39, 0.29) is 11.9 Å². The van der Waals surface area contributed by atoms with E-state index in [1.807, 2.05) is 0 Å². The van der Waals surface area contributed by atoms with Gasteiger partial charge in [0.25, 0.3) is 0 Å². The molecule has 0 aromatic heterocycles. The smallest absolute Gasteiger partial charge is 0.210 e. The van der Waals surface area contributed by atoms with E-state index in [9.17, 15) is 0 Å². The number of rotatable bonds is 3. The lowest BCUT2D eigenvalue weighted by molar-refractivity contribution is 0.0462. The van der Waals surface area contributed by atoms with Crippen molar-refractivity contribution in [1.29, 1.82) is 1.43 Å². The molecule has 0 aromatic rings. The minimum absolute atomic E-state index is 0.190. The average molecular weight is 141 g/mol. The highest BCUT2D eigenvalue weighted by Gasteiger charge is 2.30. The van der Waals surface area contributed by atoms with Crippen molar-refractivity contribution in [2.75, 3.05) is 13.7 Å². The molecule has 1 fully saturated rings. The van der Waals surface area contributed by atoms with Gasteiger partial charge in [0.15, 0.2) is 0 Å². The zero-order chi connectivity index (χ0) is 8.27. The number of aliphatic hydroxyl groups is 1. The van der Waals surface area contributed by atoms with Crippen LogP contribution < -0.4 is 0 Å². The lowest BCUT2D eigenvalue weighted by Gasteiger charge is -2.14. The molecule has 2 radical (unpaired) electrons. The largest absolute Gasteiger partial charge is 0.396 e. The first kappa shape index (κ1) is 6.68. The normalized spacial score (nSPS) is 41.7. The second kappa shape index (κ2) is 3.40. The van der Waals surface area contributed by atoms with Gasteiger partial charge in [-0.25, -0.2) is 0 Å². The summed E-state index contributed by atoms with van der Waals surface area (Å²) in [6, 6.07) is 0. The van der Waals surface area contributed by atoms with Crippen LogP contribution >= 0.6 is 0 Å². The molecule has 0 spiro atoms. The fourth-order valence-electron chi connectivity index (χ4n) is 1.59. The Labute approximate surface area is 64.5 Å². The number of hydrogen-bond acceptors (Lipinski definition) is 2. The van der Waals surface area contributed by atoms with Crippen LogP contribution in [0.2, 0.25) is 5.82 Å². The minimum atomic E-state index is 0.190. The van der Waals surface area contributed by atoms with Crippen LogP contribution in [0.4, 0.5) is 0 Å². The van der Waals surface area contributed by atoms with Crippen LogP contribution in [0.5, 0.6) is 0 Å². The third-order valence-corrected chi connectivity index (χ3v) is 2.18. The molecule has 1 N–H and O–H groups in total. The highest BCUT2D eigenvalue weighted by atomic mass is 16.5. The van der Waals surface area contributed by atoms with Gasteiger partial charge in [0, 0.05) is 19.6 Å². The molecule has 1 aliphatic carbocycles. The number of hydrogen-bond donors (Lipinski definition) is 1. The predicted molar refractivity (Wildman–Crippen MR) is 40.1 cm³/mol. The van der Waals surface area contributed by atoms with Crippen molar-refractivity contribution in [2.24, 2.45) is 5.92 Å². The van der Waals surface area contributed by atoms with Gasteiger partial charge in [-0.15, -0.1) is 0 Å². The summed E-state index contributed by atoms with van der Waals surface area (Å²) in [4.78, 5) is 0. The highest BCUT2D eigenvalue weighted by molar-refractivity contribution is 6.11. The Morgan fingerprint density at radius 3 is 3.20 bits per heavy atom. The molecule has 1 unspecified atom stereocenters. The van der Waals surface area contributed by atoms with E-state index in [1.54, 1.807) is 7.11 Å². The molecule has 0 saturated heterocycles. The highest BCUT2D eigenvalue weighted by Crippen LogP contribution is 2.34. The monoisotopic (exact) mass is 141 g/mol. The van der Waals surface area contributed by atoms with E-state index in [2.05, 4.69) is 5.11 Å². The van der Waals surface area contributed by atoms with Crippen molar-refractivity contribution in [1.82, 2.24) is 0 Å². The molecule has 0 aromatic carbocycles. The summed E-state index contributed by atoms with van der Waals surface area (Å²) in [5.41, 5.74) is 0. The molecule has 1 rings (SSSR count). The van der Waals surface area contributed by atoms with Gasteiger partial charge in [-0.3, -0.25) is 0 Å². The SMILES string of the molecule is [2H]OC[C@H]1C[C@@H]([B])CC1OC. The fourth-order valence-corrected chi connectivity index (χ4v) is 1.59.